The molecule has 1 aliphatic rings. The maximum atomic E-state index is 13.0. The molecule has 5 nitrogen and oxygen atoms in total. The number of anilines is 1. The lowest BCUT2D eigenvalue weighted by atomic mass is 10.3. The van der Waals surface area contributed by atoms with Crippen LogP contribution >= 0.6 is 23.4 Å². The minimum absolute atomic E-state index is 0.177. The molecular weight excluding hydrogens is 339 g/mol. The van der Waals surface area contributed by atoms with Gasteiger partial charge in [-0.15, -0.1) is 10.2 Å². The summed E-state index contributed by atoms with van der Waals surface area (Å²) >= 11 is 7.23. The van der Waals surface area contributed by atoms with Crippen LogP contribution in [0.3, 0.4) is 0 Å². The molecule has 1 aromatic carbocycles. The lowest BCUT2D eigenvalue weighted by molar-refractivity contribution is -0.113. The quantitative estimate of drug-likeness (QED) is 0.803. The van der Waals surface area contributed by atoms with E-state index in [4.69, 9.17) is 11.6 Å². The molecule has 1 amide bonds. The molecule has 0 radical (unpaired) electrons. The normalized spacial score (nSPS) is 14.0. The van der Waals surface area contributed by atoms with E-state index < -0.39 is 5.82 Å². The zero-order valence-corrected chi connectivity index (χ0v) is 14.1. The Morgan fingerprint density at radius 3 is 2.91 bits per heavy atom. The van der Waals surface area contributed by atoms with Crippen molar-refractivity contribution in [3.8, 4) is 0 Å². The minimum atomic E-state index is -0.439. The van der Waals surface area contributed by atoms with Crippen LogP contribution in [0.5, 0.6) is 0 Å². The van der Waals surface area contributed by atoms with Crippen molar-refractivity contribution in [1.82, 2.24) is 14.8 Å². The maximum absolute atomic E-state index is 13.0. The second kappa shape index (κ2) is 6.88. The van der Waals surface area contributed by atoms with Crippen LogP contribution in [-0.4, -0.2) is 26.4 Å². The second-order valence-corrected chi connectivity index (χ2v) is 6.67. The van der Waals surface area contributed by atoms with Gasteiger partial charge in [0.05, 0.1) is 16.5 Å². The third-order valence-corrected chi connectivity index (χ3v) is 4.82. The number of aromatic nitrogens is 3. The molecule has 0 saturated heterocycles. The first-order valence-electron chi connectivity index (χ1n) is 7.39. The third kappa shape index (κ3) is 3.84. The van der Waals surface area contributed by atoms with Gasteiger partial charge in [-0.05, 0) is 38.0 Å². The van der Waals surface area contributed by atoms with E-state index in [-0.39, 0.29) is 16.7 Å². The molecule has 0 spiro atoms. The van der Waals surface area contributed by atoms with Gasteiger partial charge in [0.25, 0.3) is 0 Å². The van der Waals surface area contributed by atoms with Crippen molar-refractivity contribution in [3.05, 3.63) is 34.9 Å². The number of nitrogens with one attached hydrogen (secondary N) is 1. The maximum Gasteiger partial charge on any atom is 0.234 e. The van der Waals surface area contributed by atoms with Crippen molar-refractivity contribution in [2.24, 2.45) is 0 Å². The summed E-state index contributed by atoms with van der Waals surface area (Å²) in [7, 11) is 0. The van der Waals surface area contributed by atoms with Gasteiger partial charge >= 0.3 is 0 Å². The summed E-state index contributed by atoms with van der Waals surface area (Å²) in [6, 6.07) is 3.87. The molecule has 1 fully saturated rings. The van der Waals surface area contributed by atoms with Crippen LogP contribution < -0.4 is 5.32 Å². The highest BCUT2D eigenvalue weighted by molar-refractivity contribution is 7.99. The zero-order valence-electron chi connectivity index (χ0n) is 12.6. The predicted octanol–water partition coefficient (Wildman–Crippen LogP) is 3.70. The smallest absolute Gasteiger partial charge is 0.234 e. The van der Waals surface area contributed by atoms with Gasteiger partial charge in [0.2, 0.25) is 5.91 Å². The van der Waals surface area contributed by atoms with Crippen LogP contribution in [0.2, 0.25) is 5.02 Å². The van der Waals surface area contributed by atoms with Gasteiger partial charge < -0.3 is 9.88 Å². The van der Waals surface area contributed by atoms with Crippen LogP contribution in [0.15, 0.2) is 23.4 Å². The van der Waals surface area contributed by atoms with Gasteiger partial charge in [-0.3, -0.25) is 4.79 Å². The van der Waals surface area contributed by atoms with Gasteiger partial charge in [-0.1, -0.05) is 23.4 Å². The molecule has 1 N–H and O–H groups in total. The highest BCUT2D eigenvalue weighted by Gasteiger charge is 2.30. The number of rotatable bonds is 6. The Morgan fingerprint density at radius 2 is 2.26 bits per heavy atom. The summed E-state index contributed by atoms with van der Waals surface area (Å²) in [5, 5.41) is 12.0. The van der Waals surface area contributed by atoms with Crippen molar-refractivity contribution in [2.75, 3.05) is 11.1 Å². The van der Waals surface area contributed by atoms with Gasteiger partial charge in [-0.2, -0.15) is 0 Å². The molecular formula is C15H16ClFN4OS. The molecule has 122 valence electrons. The average molecular weight is 355 g/mol. The van der Waals surface area contributed by atoms with Gasteiger partial charge in [-0.25, -0.2) is 4.39 Å². The fraction of sp³-hybridized carbons (Fsp3) is 0.400. The lowest BCUT2D eigenvalue weighted by Gasteiger charge is -2.08. The Kier molecular flexibility index (Phi) is 4.87. The number of carbonyl (C=O) groups is 1. The first-order valence-corrected chi connectivity index (χ1v) is 8.75. The lowest BCUT2D eigenvalue weighted by Crippen LogP contribution is -2.15. The Morgan fingerprint density at radius 1 is 1.48 bits per heavy atom. The molecule has 0 aliphatic heterocycles. The fourth-order valence-corrected chi connectivity index (χ4v) is 3.28. The first kappa shape index (κ1) is 16.3. The Labute approximate surface area is 142 Å². The molecule has 8 heteroatoms. The van der Waals surface area contributed by atoms with E-state index in [1.54, 1.807) is 0 Å². The van der Waals surface area contributed by atoms with Crippen LogP contribution in [0.25, 0.3) is 0 Å². The summed E-state index contributed by atoms with van der Waals surface area (Å²) < 4.78 is 15.0. The molecule has 0 atom stereocenters. The van der Waals surface area contributed by atoms with Crippen molar-refractivity contribution in [1.29, 1.82) is 0 Å². The van der Waals surface area contributed by atoms with E-state index in [9.17, 15) is 9.18 Å². The largest absolute Gasteiger partial charge is 0.324 e. The Bertz CT molecular complexity index is 732. The molecule has 1 heterocycles. The van der Waals surface area contributed by atoms with Gasteiger partial charge in [0.1, 0.15) is 11.6 Å². The number of hydrogen-bond acceptors (Lipinski definition) is 4. The van der Waals surface area contributed by atoms with Crippen LogP contribution in [0, 0.1) is 5.82 Å². The summed E-state index contributed by atoms with van der Waals surface area (Å²) in [5.41, 5.74) is 0.397. The van der Waals surface area contributed by atoms with Gasteiger partial charge in [0.15, 0.2) is 5.16 Å². The van der Waals surface area contributed by atoms with E-state index in [1.165, 1.54) is 30.0 Å². The highest BCUT2D eigenvalue weighted by atomic mass is 35.5. The number of nitrogens with zero attached hydrogens (tertiary/aromatic N) is 3. The minimum Gasteiger partial charge on any atom is -0.324 e. The van der Waals surface area contributed by atoms with E-state index in [2.05, 4.69) is 20.1 Å². The predicted molar refractivity (Wildman–Crippen MR) is 88.4 cm³/mol. The van der Waals surface area contributed by atoms with Crippen molar-refractivity contribution in [2.45, 2.75) is 37.4 Å². The van der Waals surface area contributed by atoms with Crippen LogP contribution in [0.4, 0.5) is 10.1 Å². The third-order valence-electron chi connectivity index (χ3n) is 3.54. The number of carbonyl (C=O) groups excluding carboxylic acids is 1. The van der Waals surface area contributed by atoms with E-state index >= 15 is 0 Å². The number of thioether (sulfide) groups is 1. The summed E-state index contributed by atoms with van der Waals surface area (Å²) in [4.78, 5) is 12.0. The monoisotopic (exact) mass is 354 g/mol. The van der Waals surface area contributed by atoms with Crippen molar-refractivity contribution in [3.63, 3.8) is 0 Å². The standard InChI is InChI=1S/C15H16ClFN4OS/c1-2-21-14(9-3-4-9)19-20-15(21)23-8-13(22)18-12-6-5-10(17)7-11(12)16/h5-7,9H,2-4,8H2,1H3,(H,18,22). The van der Waals surface area contributed by atoms with Crippen molar-refractivity contribution >= 4 is 35.0 Å². The Hall–Kier alpha value is -1.60. The molecule has 1 saturated carbocycles. The van der Waals surface area contributed by atoms with Crippen LogP contribution in [-0.2, 0) is 11.3 Å². The summed E-state index contributed by atoms with van der Waals surface area (Å²) in [6.45, 7) is 2.82. The van der Waals surface area contributed by atoms with Gasteiger partial charge in [0, 0.05) is 12.5 Å². The molecule has 2 aromatic rings. The van der Waals surface area contributed by atoms with E-state index in [1.807, 2.05) is 6.92 Å². The number of benzene rings is 1. The number of halogens is 2. The Balaban J connectivity index is 1.60. The molecule has 3 rings (SSSR count). The molecule has 23 heavy (non-hydrogen) atoms. The number of hydrogen-bond donors (Lipinski definition) is 1. The highest BCUT2D eigenvalue weighted by Crippen LogP contribution is 2.40. The molecule has 1 aliphatic carbocycles. The van der Waals surface area contributed by atoms with Crippen molar-refractivity contribution < 1.29 is 9.18 Å². The SMILES string of the molecule is CCn1c(SCC(=O)Nc2ccc(F)cc2Cl)nnc1C1CC1. The summed E-state index contributed by atoms with van der Waals surface area (Å²) in [5.74, 6) is 1.06. The number of amides is 1. The fourth-order valence-electron chi connectivity index (χ4n) is 2.25. The summed E-state index contributed by atoms with van der Waals surface area (Å²) in [6.07, 6.45) is 2.32. The van der Waals surface area contributed by atoms with E-state index in [0.29, 0.717) is 11.6 Å². The van der Waals surface area contributed by atoms with E-state index in [0.717, 1.165) is 30.4 Å². The zero-order chi connectivity index (χ0) is 16.4. The molecule has 1 aromatic heterocycles. The second-order valence-electron chi connectivity index (χ2n) is 5.32. The topological polar surface area (TPSA) is 59.8 Å². The molecule has 0 unspecified atom stereocenters. The average Bonchev–Trinajstić information content (AvgIpc) is 3.28. The van der Waals surface area contributed by atoms with Crippen LogP contribution in [0.1, 0.15) is 31.5 Å². The molecule has 0 bridgehead atoms. The first-order chi connectivity index (χ1) is 11.1.